The van der Waals surface area contributed by atoms with Gasteiger partial charge in [0.15, 0.2) is 0 Å². The number of methoxy groups -OCH3 is 2. The Kier molecular flexibility index (Phi) is 4.20. The predicted molar refractivity (Wildman–Crippen MR) is 49.2 cm³/mol. The summed E-state index contributed by atoms with van der Waals surface area (Å²) >= 11 is 0. The number of rotatable bonds is 3. The lowest BCUT2D eigenvalue weighted by Gasteiger charge is -2.33. The van der Waals surface area contributed by atoms with Crippen LogP contribution >= 0.6 is 0 Å². The van der Waals surface area contributed by atoms with E-state index in [4.69, 9.17) is 14.7 Å². The highest BCUT2D eigenvalue weighted by atomic mass is 16.5. The quantitative estimate of drug-likeness (QED) is 0.669. The van der Waals surface area contributed by atoms with Gasteiger partial charge in [0.1, 0.15) is 0 Å². The third kappa shape index (κ3) is 2.68. The van der Waals surface area contributed by atoms with Crippen molar-refractivity contribution < 1.29 is 9.47 Å². The van der Waals surface area contributed by atoms with E-state index in [0.29, 0.717) is 12.3 Å². The minimum absolute atomic E-state index is 0.178. The monoisotopic (exact) mass is 183 g/mol. The van der Waals surface area contributed by atoms with Crippen LogP contribution in [-0.2, 0) is 9.47 Å². The largest absolute Gasteiger partial charge is 0.379 e. The lowest BCUT2D eigenvalue weighted by atomic mass is 9.83. The van der Waals surface area contributed by atoms with Crippen molar-refractivity contribution in [3.05, 3.63) is 0 Å². The maximum atomic E-state index is 8.58. The molecule has 0 aromatic carbocycles. The van der Waals surface area contributed by atoms with Crippen LogP contribution < -0.4 is 0 Å². The number of hydrogen-bond donors (Lipinski definition) is 0. The van der Waals surface area contributed by atoms with Crippen molar-refractivity contribution in [3.63, 3.8) is 0 Å². The first-order valence-corrected chi connectivity index (χ1v) is 4.74. The van der Waals surface area contributed by atoms with Crippen molar-refractivity contribution in [3.8, 4) is 6.07 Å². The van der Waals surface area contributed by atoms with Gasteiger partial charge in [-0.1, -0.05) is 0 Å². The van der Waals surface area contributed by atoms with Crippen LogP contribution in [0, 0.1) is 17.2 Å². The molecule has 0 bridgehead atoms. The standard InChI is InChI=1S/C10H17NO2/c1-12-9-4-3-8(5-6-11)7-10(9)13-2/h8-10H,3-5,7H2,1-2H3. The Hall–Kier alpha value is -0.590. The molecule has 3 unspecified atom stereocenters. The highest BCUT2D eigenvalue weighted by molar-refractivity contribution is 4.86. The summed E-state index contributed by atoms with van der Waals surface area (Å²) in [7, 11) is 3.44. The molecule has 13 heavy (non-hydrogen) atoms. The van der Waals surface area contributed by atoms with Crippen LogP contribution in [0.4, 0.5) is 0 Å². The second-order valence-corrected chi connectivity index (χ2v) is 3.59. The molecule has 0 heterocycles. The van der Waals surface area contributed by atoms with Gasteiger partial charge >= 0.3 is 0 Å². The van der Waals surface area contributed by atoms with Crippen molar-refractivity contribution in [2.75, 3.05) is 14.2 Å². The fourth-order valence-corrected chi connectivity index (χ4v) is 2.02. The molecule has 0 aromatic heterocycles. The molecule has 1 rings (SSSR count). The Labute approximate surface area is 79.6 Å². The van der Waals surface area contributed by atoms with Crippen molar-refractivity contribution in [2.45, 2.75) is 37.9 Å². The Bertz CT molecular complexity index is 188. The molecule has 1 fully saturated rings. The maximum absolute atomic E-state index is 8.58. The van der Waals surface area contributed by atoms with Gasteiger partial charge < -0.3 is 9.47 Å². The van der Waals surface area contributed by atoms with E-state index in [9.17, 15) is 0 Å². The van der Waals surface area contributed by atoms with E-state index in [0.717, 1.165) is 19.3 Å². The smallest absolute Gasteiger partial charge is 0.0835 e. The molecule has 0 aromatic rings. The first kappa shape index (κ1) is 10.5. The summed E-state index contributed by atoms with van der Waals surface area (Å²) < 4.78 is 10.7. The zero-order valence-electron chi connectivity index (χ0n) is 8.32. The maximum Gasteiger partial charge on any atom is 0.0835 e. The lowest BCUT2D eigenvalue weighted by molar-refractivity contribution is -0.0697. The van der Waals surface area contributed by atoms with Gasteiger partial charge in [-0.2, -0.15) is 5.26 Å². The van der Waals surface area contributed by atoms with Crippen LogP contribution in [0.3, 0.4) is 0 Å². The normalized spacial score (nSPS) is 34.1. The highest BCUT2D eigenvalue weighted by Gasteiger charge is 2.30. The van der Waals surface area contributed by atoms with E-state index in [-0.39, 0.29) is 12.2 Å². The Balaban J connectivity index is 2.43. The van der Waals surface area contributed by atoms with Gasteiger partial charge in [-0.05, 0) is 25.2 Å². The number of ether oxygens (including phenoxy) is 2. The van der Waals surface area contributed by atoms with Crippen LogP contribution in [0.25, 0.3) is 0 Å². The summed E-state index contributed by atoms with van der Waals surface area (Å²) in [4.78, 5) is 0. The van der Waals surface area contributed by atoms with E-state index >= 15 is 0 Å². The summed E-state index contributed by atoms with van der Waals surface area (Å²) in [6, 6.07) is 2.22. The van der Waals surface area contributed by atoms with E-state index in [1.807, 2.05) is 0 Å². The van der Waals surface area contributed by atoms with E-state index < -0.39 is 0 Å². The minimum atomic E-state index is 0.178. The highest BCUT2D eigenvalue weighted by Crippen LogP contribution is 2.29. The van der Waals surface area contributed by atoms with Gasteiger partial charge in [-0.3, -0.25) is 0 Å². The van der Waals surface area contributed by atoms with Crippen LogP contribution in [0.2, 0.25) is 0 Å². The summed E-state index contributed by atoms with van der Waals surface area (Å²) in [6.45, 7) is 0. The number of nitriles is 1. The molecule has 0 radical (unpaired) electrons. The summed E-state index contributed by atoms with van der Waals surface area (Å²) in [6.07, 6.45) is 4.11. The predicted octanol–water partition coefficient (Wildman–Crippen LogP) is 1.73. The average molecular weight is 183 g/mol. The summed E-state index contributed by atoms with van der Waals surface area (Å²) in [5.74, 6) is 0.501. The third-order valence-electron chi connectivity index (χ3n) is 2.83. The van der Waals surface area contributed by atoms with Crippen LogP contribution in [0.5, 0.6) is 0 Å². The van der Waals surface area contributed by atoms with Crippen LogP contribution in [0.1, 0.15) is 25.7 Å². The fourth-order valence-electron chi connectivity index (χ4n) is 2.02. The molecule has 0 spiro atoms. The molecular weight excluding hydrogens is 166 g/mol. The number of hydrogen-bond acceptors (Lipinski definition) is 3. The molecule has 74 valence electrons. The molecule has 1 aliphatic carbocycles. The molecule has 0 amide bonds. The third-order valence-corrected chi connectivity index (χ3v) is 2.83. The van der Waals surface area contributed by atoms with Crippen molar-refractivity contribution in [1.82, 2.24) is 0 Å². The topological polar surface area (TPSA) is 42.2 Å². The van der Waals surface area contributed by atoms with Crippen LogP contribution in [-0.4, -0.2) is 26.4 Å². The minimum Gasteiger partial charge on any atom is -0.379 e. The molecule has 1 saturated carbocycles. The van der Waals surface area contributed by atoms with Crippen molar-refractivity contribution in [1.29, 1.82) is 5.26 Å². The fraction of sp³-hybridized carbons (Fsp3) is 0.900. The Morgan fingerprint density at radius 3 is 2.46 bits per heavy atom. The second kappa shape index (κ2) is 5.21. The zero-order chi connectivity index (χ0) is 9.68. The van der Waals surface area contributed by atoms with Gasteiger partial charge in [0, 0.05) is 20.6 Å². The van der Waals surface area contributed by atoms with Gasteiger partial charge in [0.2, 0.25) is 0 Å². The van der Waals surface area contributed by atoms with E-state index in [2.05, 4.69) is 6.07 Å². The molecule has 3 nitrogen and oxygen atoms in total. The molecule has 3 heteroatoms. The summed E-state index contributed by atoms with van der Waals surface area (Å²) in [5.41, 5.74) is 0. The van der Waals surface area contributed by atoms with Gasteiger partial charge in [-0.15, -0.1) is 0 Å². The molecule has 0 aliphatic heterocycles. The van der Waals surface area contributed by atoms with Gasteiger partial charge in [0.25, 0.3) is 0 Å². The SMILES string of the molecule is COC1CCC(CC#N)CC1OC. The lowest BCUT2D eigenvalue weighted by Crippen LogP contribution is -2.36. The summed E-state index contributed by atoms with van der Waals surface area (Å²) in [5, 5.41) is 8.58. The second-order valence-electron chi connectivity index (χ2n) is 3.59. The van der Waals surface area contributed by atoms with Crippen molar-refractivity contribution in [2.24, 2.45) is 5.92 Å². The Morgan fingerprint density at radius 1 is 1.23 bits per heavy atom. The van der Waals surface area contributed by atoms with E-state index in [1.54, 1.807) is 14.2 Å². The number of nitrogens with zero attached hydrogens (tertiary/aromatic N) is 1. The molecular formula is C10H17NO2. The van der Waals surface area contributed by atoms with Crippen molar-refractivity contribution >= 4 is 0 Å². The van der Waals surface area contributed by atoms with E-state index in [1.165, 1.54) is 0 Å². The first-order chi connectivity index (χ1) is 6.31. The zero-order valence-corrected chi connectivity index (χ0v) is 8.32. The van der Waals surface area contributed by atoms with Gasteiger partial charge in [-0.25, -0.2) is 0 Å². The first-order valence-electron chi connectivity index (χ1n) is 4.74. The average Bonchev–Trinajstić information content (AvgIpc) is 2.18. The molecule has 3 atom stereocenters. The molecule has 0 N–H and O–H groups in total. The van der Waals surface area contributed by atoms with Crippen LogP contribution in [0.15, 0.2) is 0 Å². The van der Waals surface area contributed by atoms with Gasteiger partial charge in [0.05, 0.1) is 18.3 Å². The molecule has 0 saturated heterocycles. The Morgan fingerprint density at radius 2 is 1.92 bits per heavy atom. The molecule has 1 aliphatic rings.